The van der Waals surface area contributed by atoms with Crippen LogP contribution < -0.4 is 15.2 Å². The number of piperazine rings is 1. The minimum Gasteiger partial charge on any atom is -0.492 e. The second-order valence-electron chi connectivity index (χ2n) is 10.8. The van der Waals surface area contributed by atoms with Gasteiger partial charge in [0.05, 0.1) is 18.2 Å². The number of aromatic nitrogens is 1. The van der Waals surface area contributed by atoms with Gasteiger partial charge in [0, 0.05) is 54.9 Å². The van der Waals surface area contributed by atoms with E-state index in [1.807, 2.05) is 45.9 Å². The van der Waals surface area contributed by atoms with Crippen molar-refractivity contribution in [3.05, 3.63) is 69.8 Å². The Kier molecular flexibility index (Phi) is 10.1. The zero-order valence-electron chi connectivity index (χ0n) is 24.3. The largest absolute Gasteiger partial charge is 0.492 e. The van der Waals surface area contributed by atoms with E-state index in [1.165, 1.54) is 0 Å². The summed E-state index contributed by atoms with van der Waals surface area (Å²) in [5, 5.41) is 0.999. The van der Waals surface area contributed by atoms with E-state index in [1.54, 1.807) is 40.3 Å². The van der Waals surface area contributed by atoms with Crippen LogP contribution >= 0.6 is 23.2 Å². The van der Waals surface area contributed by atoms with Crippen molar-refractivity contribution in [1.29, 1.82) is 0 Å². The molecule has 0 spiro atoms. The molecule has 4 rings (SSSR count). The van der Waals surface area contributed by atoms with Crippen LogP contribution in [-0.2, 0) is 11.2 Å². The number of ether oxygens (including phenoxy) is 3. The van der Waals surface area contributed by atoms with Crippen LogP contribution in [0.2, 0.25) is 10.0 Å². The fraction of sp³-hybridized carbons (Fsp3) is 0.387. The van der Waals surface area contributed by atoms with Gasteiger partial charge in [-0.3, -0.25) is 4.79 Å². The molecule has 2 amide bonds. The Balaban J connectivity index is 1.37. The van der Waals surface area contributed by atoms with Gasteiger partial charge in [-0.1, -0.05) is 35.3 Å². The molecule has 11 heteroatoms. The normalized spacial score (nSPS) is 13.6. The molecule has 1 saturated heterocycles. The van der Waals surface area contributed by atoms with Crippen molar-refractivity contribution in [2.45, 2.75) is 39.7 Å². The lowest BCUT2D eigenvalue weighted by atomic mass is 10.0. The molecule has 224 valence electrons. The van der Waals surface area contributed by atoms with Crippen LogP contribution in [0.1, 0.15) is 43.6 Å². The molecular weight excluding hydrogens is 579 g/mol. The lowest BCUT2D eigenvalue weighted by Gasteiger charge is -2.35. The number of rotatable bonds is 8. The molecule has 1 aromatic heterocycles. The van der Waals surface area contributed by atoms with Crippen LogP contribution in [0, 0.1) is 0 Å². The molecule has 1 aliphatic heterocycles. The van der Waals surface area contributed by atoms with Crippen molar-refractivity contribution in [3.63, 3.8) is 0 Å². The summed E-state index contributed by atoms with van der Waals surface area (Å²) in [7, 11) is 0. The van der Waals surface area contributed by atoms with Gasteiger partial charge < -0.3 is 29.7 Å². The number of carbonyl (C=O) groups is 2. The van der Waals surface area contributed by atoms with E-state index in [0.717, 1.165) is 16.7 Å². The Bertz CT molecular complexity index is 1420. The molecule has 0 unspecified atom stereocenters. The third kappa shape index (κ3) is 7.77. The number of pyridine rings is 1. The van der Waals surface area contributed by atoms with E-state index < -0.39 is 5.60 Å². The van der Waals surface area contributed by atoms with Crippen molar-refractivity contribution in [1.82, 2.24) is 14.8 Å². The van der Waals surface area contributed by atoms with Gasteiger partial charge in [-0.25, -0.2) is 9.78 Å². The summed E-state index contributed by atoms with van der Waals surface area (Å²) in [6, 6.07) is 12.6. The SMILES string of the molecule is CCOc1ccc(Cl)c(CCOc2cc(-c3ccc(C(=O)N4CCN(C(=O)OC(C)(C)C)CC4)cc3)cnc2N)c1Cl. The van der Waals surface area contributed by atoms with Gasteiger partial charge in [-0.05, 0) is 69.2 Å². The zero-order valence-corrected chi connectivity index (χ0v) is 25.8. The Morgan fingerprint density at radius 3 is 2.24 bits per heavy atom. The molecule has 0 radical (unpaired) electrons. The third-order valence-electron chi connectivity index (χ3n) is 6.63. The molecule has 0 atom stereocenters. The molecule has 2 aromatic carbocycles. The van der Waals surface area contributed by atoms with E-state index in [0.29, 0.717) is 66.3 Å². The summed E-state index contributed by atoms with van der Waals surface area (Å²) in [5.74, 6) is 1.18. The maximum absolute atomic E-state index is 13.1. The van der Waals surface area contributed by atoms with Crippen LogP contribution in [0.15, 0.2) is 48.7 Å². The molecule has 42 heavy (non-hydrogen) atoms. The zero-order chi connectivity index (χ0) is 30.4. The summed E-state index contributed by atoms with van der Waals surface area (Å²) in [6.07, 6.45) is 1.75. The average molecular weight is 616 g/mol. The Morgan fingerprint density at radius 1 is 0.929 bits per heavy atom. The highest BCUT2D eigenvalue weighted by Crippen LogP contribution is 2.34. The highest BCUT2D eigenvalue weighted by molar-refractivity contribution is 6.37. The Morgan fingerprint density at radius 2 is 1.60 bits per heavy atom. The topological polar surface area (TPSA) is 107 Å². The Hall–Kier alpha value is -3.69. The molecule has 0 saturated carbocycles. The minimum absolute atomic E-state index is 0.0874. The molecule has 2 heterocycles. The molecule has 2 N–H and O–H groups in total. The average Bonchev–Trinajstić information content (AvgIpc) is 2.96. The van der Waals surface area contributed by atoms with Crippen molar-refractivity contribution >= 4 is 41.0 Å². The first kappa shape index (κ1) is 31.3. The summed E-state index contributed by atoms with van der Waals surface area (Å²) >= 11 is 12.8. The van der Waals surface area contributed by atoms with Gasteiger partial charge in [0.1, 0.15) is 11.4 Å². The number of nitrogens with two attached hydrogens (primary N) is 1. The number of amides is 2. The summed E-state index contributed by atoms with van der Waals surface area (Å²) < 4.78 is 17.0. The van der Waals surface area contributed by atoms with Crippen molar-refractivity contribution < 1.29 is 23.8 Å². The first-order valence-electron chi connectivity index (χ1n) is 13.8. The summed E-state index contributed by atoms with van der Waals surface area (Å²) in [4.78, 5) is 33.1. The number of hydrogen-bond acceptors (Lipinski definition) is 7. The molecule has 1 fully saturated rings. The third-order valence-corrected chi connectivity index (χ3v) is 7.39. The number of carbonyl (C=O) groups excluding carboxylic acids is 2. The molecule has 3 aromatic rings. The van der Waals surface area contributed by atoms with E-state index in [-0.39, 0.29) is 24.4 Å². The number of benzene rings is 2. The number of hydrogen-bond donors (Lipinski definition) is 1. The standard InChI is InChI=1S/C31H36Cl2N4O5/c1-5-40-25-11-10-24(32)23(27(25)33)12-17-41-26-18-22(19-35-28(26)34)20-6-8-21(9-7-20)29(38)36-13-15-37(16-14-36)30(39)42-31(2,3)4/h6-11,18-19H,5,12-17H2,1-4H3,(H2,34,35). The van der Waals surface area contributed by atoms with E-state index in [9.17, 15) is 9.59 Å². The smallest absolute Gasteiger partial charge is 0.410 e. The molecule has 0 aliphatic carbocycles. The maximum Gasteiger partial charge on any atom is 0.410 e. The predicted octanol–water partition coefficient (Wildman–Crippen LogP) is 6.35. The van der Waals surface area contributed by atoms with Crippen molar-refractivity contribution in [2.24, 2.45) is 0 Å². The number of halogens is 2. The van der Waals surface area contributed by atoms with Gasteiger partial charge in [0.2, 0.25) is 0 Å². The fourth-order valence-corrected chi connectivity index (χ4v) is 5.08. The van der Waals surface area contributed by atoms with Crippen LogP contribution in [0.5, 0.6) is 11.5 Å². The van der Waals surface area contributed by atoms with E-state index in [2.05, 4.69) is 4.98 Å². The molecule has 9 nitrogen and oxygen atoms in total. The number of nitrogen functional groups attached to an aromatic ring is 1. The van der Waals surface area contributed by atoms with Crippen LogP contribution in [0.25, 0.3) is 11.1 Å². The number of anilines is 1. The first-order valence-corrected chi connectivity index (χ1v) is 14.6. The summed E-state index contributed by atoms with van der Waals surface area (Å²) in [6.45, 7) is 9.89. The highest BCUT2D eigenvalue weighted by Gasteiger charge is 2.28. The van der Waals surface area contributed by atoms with Gasteiger partial charge >= 0.3 is 6.09 Å². The molecular formula is C31H36Cl2N4O5. The monoisotopic (exact) mass is 614 g/mol. The highest BCUT2D eigenvalue weighted by atomic mass is 35.5. The van der Waals surface area contributed by atoms with E-state index in [4.69, 9.17) is 43.1 Å². The van der Waals surface area contributed by atoms with Gasteiger partial charge in [-0.15, -0.1) is 0 Å². The van der Waals surface area contributed by atoms with Crippen molar-refractivity contribution in [3.8, 4) is 22.6 Å². The van der Waals surface area contributed by atoms with Gasteiger partial charge in [0.15, 0.2) is 11.6 Å². The van der Waals surface area contributed by atoms with Gasteiger partial charge in [0.25, 0.3) is 5.91 Å². The molecule has 0 bridgehead atoms. The second-order valence-corrected chi connectivity index (χ2v) is 11.6. The minimum atomic E-state index is -0.558. The Labute approximate surface area is 256 Å². The van der Waals surface area contributed by atoms with Gasteiger partial charge in [-0.2, -0.15) is 0 Å². The predicted molar refractivity (Wildman–Crippen MR) is 165 cm³/mol. The maximum atomic E-state index is 13.1. The summed E-state index contributed by atoms with van der Waals surface area (Å²) in [5.41, 5.74) is 8.47. The fourth-order valence-electron chi connectivity index (χ4n) is 4.47. The lowest BCUT2D eigenvalue weighted by Crippen LogP contribution is -2.51. The van der Waals surface area contributed by atoms with Crippen LogP contribution in [0.4, 0.5) is 10.6 Å². The van der Waals surface area contributed by atoms with Crippen molar-refractivity contribution in [2.75, 3.05) is 45.1 Å². The molecule has 1 aliphatic rings. The van der Waals surface area contributed by atoms with Crippen LogP contribution in [-0.4, -0.2) is 71.8 Å². The van der Waals surface area contributed by atoms with Crippen LogP contribution in [0.3, 0.4) is 0 Å². The lowest BCUT2D eigenvalue weighted by molar-refractivity contribution is 0.0141. The van der Waals surface area contributed by atoms with E-state index >= 15 is 0 Å². The quantitative estimate of drug-likeness (QED) is 0.315. The second kappa shape index (κ2) is 13.5. The number of nitrogens with zero attached hydrogens (tertiary/aromatic N) is 3. The first-order chi connectivity index (χ1) is 20.0.